The fourth-order valence-corrected chi connectivity index (χ4v) is 3.39. The third-order valence-electron chi connectivity index (χ3n) is 3.70. The minimum absolute atomic E-state index is 0.110. The predicted molar refractivity (Wildman–Crippen MR) is 93.1 cm³/mol. The number of hydrogen-bond donors (Lipinski definition) is 0. The molecule has 2 aromatic rings. The molecule has 0 aliphatic rings. The Labute approximate surface area is 138 Å². The molecule has 0 saturated heterocycles. The second-order valence-electron chi connectivity index (χ2n) is 5.80. The molecule has 0 aliphatic carbocycles. The maximum absolute atomic E-state index is 11.9. The van der Waals surface area contributed by atoms with E-state index >= 15 is 0 Å². The summed E-state index contributed by atoms with van der Waals surface area (Å²) < 4.78 is 23.8. The van der Waals surface area contributed by atoms with E-state index in [0.29, 0.717) is 0 Å². The fraction of sp³-hybridized carbons (Fsp3) is 0.333. The van der Waals surface area contributed by atoms with E-state index in [0.717, 1.165) is 23.4 Å². The monoisotopic (exact) mass is 336 g/mol. The van der Waals surface area contributed by atoms with Crippen LogP contribution in [-0.4, -0.2) is 13.7 Å². The van der Waals surface area contributed by atoms with Crippen molar-refractivity contribution < 1.29 is 8.42 Å². The molecule has 0 unspecified atom stereocenters. The summed E-state index contributed by atoms with van der Waals surface area (Å²) in [6.07, 6.45) is 1.84. The van der Waals surface area contributed by atoms with Crippen molar-refractivity contribution in [3.8, 4) is 0 Å². The van der Waals surface area contributed by atoms with E-state index < -0.39 is 9.84 Å². The first kappa shape index (κ1) is 17.0. The maximum Gasteiger partial charge on any atom is 0.156 e. The molecule has 0 aliphatic heterocycles. The van der Waals surface area contributed by atoms with Gasteiger partial charge in [0.1, 0.15) is 0 Å². The topological polar surface area (TPSA) is 34.1 Å². The van der Waals surface area contributed by atoms with Gasteiger partial charge in [-0.05, 0) is 55.5 Å². The number of sulfone groups is 1. The molecule has 0 saturated carbocycles. The largest absolute Gasteiger partial charge is 0.228 e. The summed E-state index contributed by atoms with van der Waals surface area (Å²) in [6, 6.07) is 15.7. The predicted octanol–water partition coefficient (Wildman–Crippen LogP) is 4.45. The van der Waals surface area contributed by atoms with Gasteiger partial charge < -0.3 is 0 Å². The van der Waals surface area contributed by atoms with Gasteiger partial charge in [-0.15, -0.1) is 0 Å². The molecule has 0 spiro atoms. The highest BCUT2D eigenvalue weighted by atomic mass is 35.5. The van der Waals surface area contributed by atoms with Crippen LogP contribution >= 0.6 is 11.6 Å². The number of rotatable bonds is 6. The Bertz CT molecular complexity index is 719. The zero-order valence-electron chi connectivity index (χ0n) is 12.9. The van der Waals surface area contributed by atoms with Gasteiger partial charge in [-0.1, -0.05) is 48.0 Å². The highest BCUT2D eigenvalue weighted by Crippen LogP contribution is 2.15. The van der Waals surface area contributed by atoms with E-state index in [1.807, 2.05) is 42.5 Å². The molecule has 0 aromatic heterocycles. The molecule has 2 nitrogen and oxygen atoms in total. The number of benzene rings is 2. The second-order valence-corrected chi connectivity index (χ2v) is 8.80. The van der Waals surface area contributed by atoms with E-state index in [4.69, 9.17) is 11.6 Å². The molecule has 0 N–H and O–H groups in total. The zero-order chi connectivity index (χ0) is 16.2. The van der Waals surface area contributed by atoms with Gasteiger partial charge in [0.15, 0.2) is 9.84 Å². The van der Waals surface area contributed by atoms with Gasteiger partial charge in [0.2, 0.25) is 0 Å². The first-order valence-corrected chi connectivity index (χ1v) is 9.50. The Balaban J connectivity index is 1.98. The lowest BCUT2D eigenvalue weighted by Crippen LogP contribution is -2.15. The van der Waals surface area contributed by atoms with Crippen LogP contribution in [0.3, 0.4) is 0 Å². The summed E-state index contributed by atoms with van der Waals surface area (Å²) in [4.78, 5) is 0. The Hall–Kier alpha value is -1.32. The van der Waals surface area contributed by atoms with Crippen molar-refractivity contribution in [2.24, 2.45) is 0 Å². The average molecular weight is 337 g/mol. The van der Waals surface area contributed by atoms with Crippen LogP contribution in [0.4, 0.5) is 0 Å². The SMILES string of the molecule is CC(C)S(=O)(=O)Cc1ccc(CCc2cccc(Cl)c2)cc1. The van der Waals surface area contributed by atoms with Crippen LogP contribution in [0.1, 0.15) is 30.5 Å². The van der Waals surface area contributed by atoms with Gasteiger partial charge in [-0.3, -0.25) is 0 Å². The fourth-order valence-electron chi connectivity index (χ4n) is 2.18. The van der Waals surface area contributed by atoms with Crippen molar-refractivity contribution in [2.75, 3.05) is 0 Å². The van der Waals surface area contributed by atoms with Crippen molar-refractivity contribution in [1.82, 2.24) is 0 Å². The van der Waals surface area contributed by atoms with Gasteiger partial charge in [-0.2, -0.15) is 0 Å². The van der Waals surface area contributed by atoms with E-state index in [2.05, 4.69) is 6.07 Å². The van der Waals surface area contributed by atoms with Crippen LogP contribution in [0.15, 0.2) is 48.5 Å². The minimum atomic E-state index is -3.04. The van der Waals surface area contributed by atoms with Gasteiger partial charge in [0, 0.05) is 5.02 Å². The van der Waals surface area contributed by atoms with Crippen LogP contribution in [0.5, 0.6) is 0 Å². The maximum atomic E-state index is 11.9. The third kappa shape index (κ3) is 4.85. The molecule has 0 amide bonds. The Morgan fingerprint density at radius 1 is 0.909 bits per heavy atom. The van der Waals surface area contributed by atoms with Crippen molar-refractivity contribution in [1.29, 1.82) is 0 Å². The number of hydrogen-bond acceptors (Lipinski definition) is 2. The molecule has 2 aromatic carbocycles. The smallest absolute Gasteiger partial charge is 0.156 e. The first-order valence-electron chi connectivity index (χ1n) is 7.40. The highest BCUT2D eigenvalue weighted by Gasteiger charge is 2.16. The van der Waals surface area contributed by atoms with E-state index in [1.165, 1.54) is 11.1 Å². The quantitative estimate of drug-likeness (QED) is 0.781. The van der Waals surface area contributed by atoms with Gasteiger partial charge in [0.05, 0.1) is 11.0 Å². The van der Waals surface area contributed by atoms with E-state index in [-0.39, 0.29) is 11.0 Å². The van der Waals surface area contributed by atoms with Crippen LogP contribution in [0.2, 0.25) is 5.02 Å². The Morgan fingerprint density at radius 3 is 2.09 bits per heavy atom. The number of aryl methyl sites for hydroxylation is 2. The summed E-state index contributed by atoms with van der Waals surface area (Å²) in [5.41, 5.74) is 3.25. The van der Waals surface area contributed by atoms with Crippen molar-refractivity contribution >= 4 is 21.4 Å². The van der Waals surface area contributed by atoms with Crippen molar-refractivity contribution in [3.05, 3.63) is 70.2 Å². The lowest BCUT2D eigenvalue weighted by atomic mass is 10.0. The lowest BCUT2D eigenvalue weighted by Gasteiger charge is -2.08. The number of halogens is 1. The van der Waals surface area contributed by atoms with Crippen LogP contribution < -0.4 is 0 Å². The van der Waals surface area contributed by atoms with Gasteiger partial charge in [-0.25, -0.2) is 8.42 Å². The molecule has 22 heavy (non-hydrogen) atoms. The molecule has 0 heterocycles. The van der Waals surface area contributed by atoms with Crippen molar-refractivity contribution in [3.63, 3.8) is 0 Å². The van der Waals surface area contributed by atoms with E-state index in [1.54, 1.807) is 13.8 Å². The molecule has 2 rings (SSSR count). The Kier molecular flexibility index (Phi) is 5.65. The third-order valence-corrected chi connectivity index (χ3v) is 6.11. The van der Waals surface area contributed by atoms with Crippen LogP contribution in [-0.2, 0) is 28.4 Å². The summed E-state index contributed by atoms with van der Waals surface area (Å²) in [5.74, 6) is 0.110. The summed E-state index contributed by atoms with van der Waals surface area (Å²) in [7, 11) is -3.04. The molecule has 0 fully saturated rings. The lowest BCUT2D eigenvalue weighted by molar-refractivity contribution is 0.586. The molecule has 0 bridgehead atoms. The summed E-state index contributed by atoms with van der Waals surface area (Å²) in [5, 5.41) is 0.418. The molecular formula is C18H21ClO2S. The summed E-state index contributed by atoms with van der Waals surface area (Å²) in [6.45, 7) is 3.43. The van der Waals surface area contributed by atoms with Crippen LogP contribution in [0.25, 0.3) is 0 Å². The second kappa shape index (κ2) is 7.30. The van der Waals surface area contributed by atoms with Gasteiger partial charge in [0.25, 0.3) is 0 Å². The Morgan fingerprint density at radius 2 is 1.50 bits per heavy atom. The van der Waals surface area contributed by atoms with Crippen LogP contribution in [0, 0.1) is 0 Å². The molecule has 4 heteroatoms. The summed E-state index contributed by atoms with van der Waals surface area (Å²) >= 11 is 5.98. The first-order chi connectivity index (χ1) is 10.4. The highest BCUT2D eigenvalue weighted by molar-refractivity contribution is 7.91. The minimum Gasteiger partial charge on any atom is -0.228 e. The molecular weight excluding hydrogens is 316 g/mol. The van der Waals surface area contributed by atoms with E-state index in [9.17, 15) is 8.42 Å². The molecule has 0 atom stereocenters. The normalized spacial score (nSPS) is 11.8. The average Bonchev–Trinajstić information content (AvgIpc) is 2.46. The standard InChI is InChI=1S/C18H21ClO2S/c1-14(2)22(20,21)13-17-10-7-15(8-11-17)6-9-16-4-3-5-18(19)12-16/h3-5,7-8,10-12,14H,6,9,13H2,1-2H3. The van der Waals surface area contributed by atoms with Crippen molar-refractivity contribution in [2.45, 2.75) is 37.7 Å². The zero-order valence-corrected chi connectivity index (χ0v) is 14.5. The van der Waals surface area contributed by atoms with Gasteiger partial charge >= 0.3 is 0 Å². The molecule has 0 radical (unpaired) electrons. The molecule has 118 valence electrons.